The average molecular weight is 481 g/mol. The fourth-order valence-corrected chi connectivity index (χ4v) is 4.08. The lowest BCUT2D eigenvalue weighted by Gasteiger charge is -2.23. The number of nitrogens with zero attached hydrogens (tertiary/aromatic N) is 2. The number of aliphatic hydroxyl groups is 1. The second kappa shape index (κ2) is 8.05. The Bertz CT molecular complexity index is 1180. The van der Waals surface area contributed by atoms with Crippen molar-refractivity contribution in [3.8, 4) is 0 Å². The van der Waals surface area contributed by atoms with Crippen LogP contribution in [-0.2, 0) is 16.9 Å². The lowest BCUT2D eigenvalue weighted by Crippen LogP contribution is -2.41. The molecular formula is C23H17BrN2O5. The maximum atomic E-state index is 13.3. The number of halogens is 1. The van der Waals surface area contributed by atoms with Crippen LogP contribution in [0, 0.1) is 10.1 Å². The molecule has 0 saturated heterocycles. The van der Waals surface area contributed by atoms with Gasteiger partial charge in [-0.15, -0.1) is 0 Å². The first-order valence-electron chi connectivity index (χ1n) is 9.45. The van der Waals surface area contributed by atoms with Crippen molar-refractivity contribution in [3.05, 3.63) is 104 Å². The van der Waals surface area contributed by atoms with Gasteiger partial charge < -0.3 is 10.0 Å². The molecule has 0 aromatic heterocycles. The molecular weight excluding hydrogens is 464 g/mol. The predicted molar refractivity (Wildman–Crippen MR) is 118 cm³/mol. The Kier molecular flexibility index (Phi) is 5.43. The van der Waals surface area contributed by atoms with Crippen molar-refractivity contribution in [3.63, 3.8) is 0 Å². The largest absolute Gasteiger partial charge is 0.375 e. The number of ketones is 1. The van der Waals surface area contributed by atoms with Crippen molar-refractivity contribution < 1.29 is 19.6 Å². The molecule has 1 atom stereocenters. The van der Waals surface area contributed by atoms with Crippen molar-refractivity contribution in [1.82, 2.24) is 0 Å². The van der Waals surface area contributed by atoms with Crippen LogP contribution in [0.5, 0.6) is 0 Å². The van der Waals surface area contributed by atoms with Gasteiger partial charge in [0.25, 0.3) is 11.6 Å². The average Bonchev–Trinajstić information content (AvgIpc) is 2.96. The Morgan fingerprint density at radius 3 is 2.39 bits per heavy atom. The number of rotatable bonds is 6. The number of carbonyl (C=O) groups is 2. The van der Waals surface area contributed by atoms with Gasteiger partial charge in [-0.3, -0.25) is 19.7 Å². The third kappa shape index (κ3) is 3.87. The van der Waals surface area contributed by atoms with Crippen LogP contribution >= 0.6 is 15.9 Å². The topological polar surface area (TPSA) is 101 Å². The van der Waals surface area contributed by atoms with Gasteiger partial charge in [0.2, 0.25) is 0 Å². The fraction of sp³-hybridized carbons (Fsp3) is 0.130. The normalized spacial score (nSPS) is 17.5. The molecule has 1 N–H and O–H groups in total. The smallest absolute Gasteiger partial charge is 0.269 e. The minimum atomic E-state index is -2.03. The quantitative estimate of drug-likeness (QED) is 0.320. The molecule has 8 heteroatoms. The van der Waals surface area contributed by atoms with Crippen molar-refractivity contribution in [1.29, 1.82) is 0 Å². The van der Waals surface area contributed by atoms with Gasteiger partial charge in [-0.05, 0) is 35.9 Å². The van der Waals surface area contributed by atoms with Crippen LogP contribution in [0.2, 0.25) is 0 Å². The van der Waals surface area contributed by atoms with Crippen molar-refractivity contribution in [2.24, 2.45) is 0 Å². The van der Waals surface area contributed by atoms with Crippen molar-refractivity contribution >= 4 is 39.0 Å². The molecule has 0 aliphatic carbocycles. The Labute approximate surface area is 186 Å². The highest BCUT2D eigenvalue weighted by Crippen LogP contribution is 2.44. The molecule has 4 rings (SSSR count). The molecule has 0 fully saturated rings. The summed E-state index contributed by atoms with van der Waals surface area (Å²) in [5, 5.41) is 22.3. The maximum absolute atomic E-state index is 13.3. The third-order valence-corrected chi connectivity index (χ3v) is 5.79. The Morgan fingerprint density at radius 2 is 1.74 bits per heavy atom. The summed E-state index contributed by atoms with van der Waals surface area (Å²) in [6.07, 6.45) is -0.474. The number of benzene rings is 3. The van der Waals surface area contributed by atoms with E-state index in [4.69, 9.17) is 0 Å². The zero-order valence-electron chi connectivity index (χ0n) is 16.2. The summed E-state index contributed by atoms with van der Waals surface area (Å²) < 4.78 is 0.668. The molecule has 1 amide bonds. The molecule has 3 aromatic rings. The zero-order chi connectivity index (χ0) is 22.2. The lowest BCUT2D eigenvalue weighted by atomic mass is 9.88. The standard InChI is InChI=1S/C23H17BrN2O5/c24-17-8-11-20-19(12-17)23(29,22(28)25(20)14-15-4-2-1-3-5-15)13-21(27)16-6-9-18(10-7-16)26(30)31/h1-12,29H,13-14H2/t23-/m1/s1. The lowest BCUT2D eigenvalue weighted by molar-refractivity contribution is -0.384. The van der Waals surface area contributed by atoms with Gasteiger partial charge in [-0.1, -0.05) is 46.3 Å². The highest BCUT2D eigenvalue weighted by atomic mass is 79.9. The molecule has 0 saturated carbocycles. The van der Waals surface area contributed by atoms with E-state index >= 15 is 0 Å². The highest BCUT2D eigenvalue weighted by Gasteiger charge is 2.51. The number of non-ortho nitro benzene ring substituents is 1. The van der Waals surface area contributed by atoms with Crippen LogP contribution < -0.4 is 4.90 Å². The minimum Gasteiger partial charge on any atom is -0.375 e. The first kappa shape index (κ1) is 20.9. The van der Waals surface area contributed by atoms with Crippen LogP contribution in [0.3, 0.4) is 0 Å². The van der Waals surface area contributed by atoms with Crippen LogP contribution in [0.25, 0.3) is 0 Å². The molecule has 31 heavy (non-hydrogen) atoms. The van der Waals surface area contributed by atoms with Gasteiger partial charge in [-0.2, -0.15) is 0 Å². The van der Waals surface area contributed by atoms with Gasteiger partial charge >= 0.3 is 0 Å². The van der Waals surface area contributed by atoms with Gasteiger partial charge in [-0.25, -0.2) is 0 Å². The molecule has 1 heterocycles. The number of amides is 1. The van der Waals surface area contributed by atoms with E-state index in [2.05, 4.69) is 15.9 Å². The summed E-state index contributed by atoms with van der Waals surface area (Å²) in [5.41, 5.74) is -0.225. The number of nitro benzene ring substituents is 1. The Hall–Kier alpha value is -3.36. The van der Waals surface area contributed by atoms with E-state index < -0.39 is 28.6 Å². The van der Waals surface area contributed by atoms with E-state index in [9.17, 15) is 24.8 Å². The van der Waals surface area contributed by atoms with Crippen LogP contribution in [0.1, 0.15) is 27.9 Å². The first-order valence-corrected chi connectivity index (χ1v) is 10.2. The number of hydrogen-bond donors (Lipinski definition) is 1. The number of fused-ring (bicyclic) bond motifs is 1. The van der Waals surface area contributed by atoms with E-state index in [1.165, 1.54) is 29.2 Å². The zero-order valence-corrected chi connectivity index (χ0v) is 17.8. The predicted octanol–water partition coefficient (Wildman–Crippen LogP) is 4.36. The van der Waals surface area contributed by atoms with Gasteiger partial charge in [0, 0.05) is 27.7 Å². The number of carbonyl (C=O) groups excluding carboxylic acids is 2. The molecule has 3 aromatic carbocycles. The number of Topliss-reactive ketones (excluding diaryl/α,β-unsaturated/α-hetero) is 1. The van der Waals surface area contributed by atoms with E-state index in [1.54, 1.807) is 18.2 Å². The van der Waals surface area contributed by atoms with Gasteiger partial charge in [0.15, 0.2) is 11.4 Å². The summed E-state index contributed by atoms with van der Waals surface area (Å²) in [6, 6.07) is 19.6. The molecule has 0 radical (unpaired) electrons. The van der Waals surface area contributed by atoms with E-state index in [0.29, 0.717) is 15.7 Å². The Balaban J connectivity index is 1.67. The van der Waals surface area contributed by atoms with Gasteiger partial charge in [0.05, 0.1) is 23.6 Å². The summed E-state index contributed by atoms with van der Waals surface area (Å²) in [4.78, 5) is 38.0. The first-order chi connectivity index (χ1) is 14.8. The highest BCUT2D eigenvalue weighted by molar-refractivity contribution is 9.10. The summed E-state index contributed by atoms with van der Waals surface area (Å²) in [6.45, 7) is 0.252. The summed E-state index contributed by atoms with van der Waals surface area (Å²) >= 11 is 3.37. The van der Waals surface area contributed by atoms with E-state index in [1.807, 2.05) is 30.3 Å². The minimum absolute atomic E-state index is 0.143. The van der Waals surface area contributed by atoms with Gasteiger partial charge in [0.1, 0.15) is 0 Å². The molecule has 0 unspecified atom stereocenters. The molecule has 156 valence electrons. The summed E-state index contributed by atoms with van der Waals surface area (Å²) in [7, 11) is 0. The second-order valence-electron chi connectivity index (χ2n) is 7.30. The van der Waals surface area contributed by atoms with E-state index in [-0.39, 0.29) is 17.8 Å². The van der Waals surface area contributed by atoms with Crippen molar-refractivity contribution in [2.45, 2.75) is 18.6 Å². The third-order valence-electron chi connectivity index (χ3n) is 5.29. The van der Waals surface area contributed by atoms with Crippen LogP contribution in [0.15, 0.2) is 77.3 Å². The molecule has 1 aliphatic heterocycles. The molecule has 0 spiro atoms. The molecule has 1 aliphatic rings. The van der Waals surface area contributed by atoms with E-state index in [0.717, 1.165) is 5.56 Å². The molecule has 0 bridgehead atoms. The fourth-order valence-electron chi connectivity index (χ4n) is 3.72. The number of nitro groups is 1. The SMILES string of the molecule is O=C(C[C@]1(O)C(=O)N(Cc2ccccc2)c2ccc(Br)cc21)c1ccc([N+](=O)[O-])cc1. The number of hydrogen-bond acceptors (Lipinski definition) is 5. The van der Waals surface area contributed by atoms with Crippen molar-refractivity contribution in [2.75, 3.05) is 4.90 Å². The Morgan fingerprint density at radius 1 is 1.06 bits per heavy atom. The number of anilines is 1. The molecule has 7 nitrogen and oxygen atoms in total. The summed E-state index contributed by atoms with van der Waals surface area (Å²) in [5.74, 6) is -1.07. The second-order valence-corrected chi connectivity index (χ2v) is 8.22. The van der Waals surface area contributed by atoms with Crippen LogP contribution in [0.4, 0.5) is 11.4 Å². The monoisotopic (exact) mass is 480 g/mol. The maximum Gasteiger partial charge on any atom is 0.269 e. The van der Waals surface area contributed by atoms with Crippen LogP contribution in [-0.4, -0.2) is 21.7 Å².